The average molecular weight is 330 g/mol. The maximum atomic E-state index is 12.6. The van der Waals surface area contributed by atoms with E-state index >= 15 is 0 Å². The molecule has 0 saturated heterocycles. The molecule has 0 fully saturated rings. The lowest BCUT2D eigenvalue weighted by Gasteiger charge is -2.15. The molecule has 1 atom stereocenters. The summed E-state index contributed by atoms with van der Waals surface area (Å²) >= 11 is 0. The standard InChI is InChI=1S/C20H17F3O/c1-3-6-19(24-2)18-8-5-4-7-16(18)12-9-15-10-13-17(14-11-15)20(21,22)23/h3-5,7-8,10-11,13-14,19H,1,6H2,2H3. The van der Waals surface area contributed by atoms with E-state index in [9.17, 15) is 13.2 Å². The lowest BCUT2D eigenvalue weighted by Crippen LogP contribution is -2.04. The molecule has 1 unspecified atom stereocenters. The Kier molecular flexibility index (Phi) is 5.83. The molecule has 4 heteroatoms. The van der Waals surface area contributed by atoms with Gasteiger partial charge in [0, 0.05) is 18.2 Å². The zero-order valence-corrected chi connectivity index (χ0v) is 13.2. The normalized spacial score (nSPS) is 12.2. The Labute approximate surface area is 139 Å². The summed E-state index contributed by atoms with van der Waals surface area (Å²) in [5, 5.41) is 0. The van der Waals surface area contributed by atoms with Crippen molar-refractivity contribution < 1.29 is 17.9 Å². The van der Waals surface area contributed by atoms with Crippen molar-refractivity contribution in [1.29, 1.82) is 0 Å². The Morgan fingerprint density at radius 3 is 2.33 bits per heavy atom. The number of hydrogen-bond donors (Lipinski definition) is 0. The number of halogens is 3. The van der Waals surface area contributed by atoms with Crippen LogP contribution in [0.25, 0.3) is 0 Å². The maximum absolute atomic E-state index is 12.6. The van der Waals surface area contributed by atoms with Gasteiger partial charge in [-0.3, -0.25) is 0 Å². The topological polar surface area (TPSA) is 9.23 Å². The van der Waals surface area contributed by atoms with Crippen molar-refractivity contribution in [1.82, 2.24) is 0 Å². The fourth-order valence-electron chi connectivity index (χ4n) is 2.28. The number of benzene rings is 2. The molecular weight excluding hydrogens is 313 g/mol. The molecule has 0 spiro atoms. The van der Waals surface area contributed by atoms with Crippen molar-refractivity contribution >= 4 is 0 Å². The molecule has 0 N–H and O–H groups in total. The Bertz CT molecular complexity index is 749. The van der Waals surface area contributed by atoms with Gasteiger partial charge in [0.1, 0.15) is 0 Å². The Hall–Kier alpha value is -2.51. The smallest absolute Gasteiger partial charge is 0.376 e. The van der Waals surface area contributed by atoms with Gasteiger partial charge in [-0.1, -0.05) is 36.1 Å². The summed E-state index contributed by atoms with van der Waals surface area (Å²) in [6.45, 7) is 3.72. The third-order valence-electron chi connectivity index (χ3n) is 3.53. The van der Waals surface area contributed by atoms with Gasteiger partial charge in [0.25, 0.3) is 0 Å². The van der Waals surface area contributed by atoms with Crippen molar-refractivity contribution in [3.05, 3.63) is 83.4 Å². The molecule has 2 aromatic carbocycles. The van der Waals surface area contributed by atoms with Gasteiger partial charge in [-0.25, -0.2) is 0 Å². The number of methoxy groups -OCH3 is 1. The van der Waals surface area contributed by atoms with E-state index in [2.05, 4.69) is 18.4 Å². The van der Waals surface area contributed by atoms with Crippen LogP contribution >= 0.6 is 0 Å². The molecule has 24 heavy (non-hydrogen) atoms. The first-order valence-corrected chi connectivity index (χ1v) is 7.37. The number of hydrogen-bond acceptors (Lipinski definition) is 1. The molecule has 0 heterocycles. The monoisotopic (exact) mass is 330 g/mol. The number of ether oxygens (including phenoxy) is 1. The van der Waals surface area contributed by atoms with Crippen molar-refractivity contribution in [2.45, 2.75) is 18.7 Å². The van der Waals surface area contributed by atoms with Gasteiger partial charge in [-0.2, -0.15) is 13.2 Å². The third-order valence-corrected chi connectivity index (χ3v) is 3.53. The highest BCUT2D eigenvalue weighted by molar-refractivity contribution is 5.47. The molecule has 0 aliphatic rings. The van der Waals surface area contributed by atoms with Crippen LogP contribution in [0, 0.1) is 11.8 Å². The van der Waals surface area contributed by atoms with E-state index in [1.54, 1.807) is 13.2 Å². The molecule has 0 aromatic heterocycles. The Morgan fingerprint density at radius 2 is 1.75 bits per heavy atom. The molecule has 0 saturated carbocycles. The van der Waals surface area contributed by atoms with Gasteiger partial charge in [-0.15, -0.1) is 6.58 Å². The van der Waals surface area contributed by atoms with Crippen LogP contribution in [0.3, 0.4) is 0 Å². The van der Waals surface area contributed by atoms with Gasteiger partial charge < -0.3 is 4.74 Å². The van der Waals surface area contributed by atoms with Crippen molar-refractivity contribution in [2.24, 2.45) is 0 Å². The highest BCUT2D eigenvalue weighted by atomic mass is 19.4. The third kappa shape index (κ3) is 4.50. The van der Waals surface area contributed by atoms with Gasteiger partial charge in [0.2, 0.25) is 0 Å². The second-order valence-corrected chi connectivity index (χ2v) is 5.16. The Balaban J connectivity index is 2.29. The van der Waals surface area contributed by atoms with Crippen molar-refractivity contribution in [3.8, 4) is 11.8 Å². The van der Waals surface area contributed by atoms with Gasteiger partial charge in [-0.05, 0) is 42.3 Å². The molecule has 124 valence electrons. The second kappa shape index (κ2) is 7.85. The van der Waals surface area contributed by atoms with Gasteiger partial charge in [0.15, 0.2) is 0 Å². The van der Waals surface area contributed by atoms with E-state index in [4.69, 9.17) is 4.74 Å². The van der Waals surface area contributed by atoms with Crippen LogP contribution in [0.4, 0.5) is 13.2 Å². The summed E-state index contributed by atoms with van der Waals surface area (Å²) < 4.78 is 43.2. The van der Waals surface area contributed by atoms with E-state index in [1.165, 1.54) is 12.1 Å². The number of rotatable bonds is 4. The van der Waals surface area contributed by atoms with E-state index in [0.717, 1.165) is 23.3 Å². The maximum Gasteiger partial charge on any atom is 0.416 e. The van der Waals surface area contributed by atoms with Crippen LogP contribution < -0.4 is 0 Å². The highest BCUT2D eigenvalue weighted by Gasteiger charge is 2.29. The SMILES string of the molecule is C=CCC(OC)c1ccccc1C#Cc1ccc(C(F)(F)F)cc1. The molecule has 0 amide bonds. The molecule has 1 nitrogen and oxygen atoms in total. The molecule has 0 bridgehead atoms. The molecule has 2 rings (SSSR count). The zero-order valence-electron chi connectivity index (χ0n) is 13.2. The Morgan fingerprint density at radius 1 is 1.08 bits per heavy atom. The van der Waals surface area contributed by atoms with Crippen LogP contribution in [-0.4, -0.2) is 7.11 Å². The second-order valence-electron chi connectivity index (χ2n) is 5.16. The molecule has 0 aliphatic heterocycles. The summed E-state index contributed by atoms with van der Waals surface area (Å²) in [5.41, 5.74) is 1.56. The summed E-state index contributed by atoms with van der Waals surface area (Å²) in [4.78, 5) is 0. The first kappa shape index (κ1) is 17.8. The first-order valence-electron chi connectivity index (χ1n) is 7.37. The molecule has 2 aromatic rings. The average Bonchev–Trinajstić information content (AvgIpc) is 2.58. The lowest BCUT2D eigenvalue weighted by molar-refractivity contribution is -0.137. The largest absolute Gasteiger partial charge is 0.416 e. The van der Waals surface area contributed by atoms with Crippen LogP contribution in [0.1, 0.15) is 34.8 Å². The summed E-state index contributed by atoms with van der Waals surface area (Å²) in [7, 11) is 1.62. The van der Waals surface area contributed by atoms with Crippen LogP contribution in [0.5, 0.6) is 0 Å². The lowest BCUT2D eigenvalue weighted by atomic mass is 10.00. The first-order chi connectivity index (χ1) is 11.5. The predicted octanol–water partition coefficient (Wildman–Crippen LogP) is 5.37. The highest BCUT2D eigenvalue weighted by Crippen LogP contribution is 2.29. The molecule has 0 aliphatic carbocycles. The fourth-order valence-corrected chi connectivity index (χ4v) is 2.28. The minimum atomic E-state index is -4.34. The molecule has 0 radical (unpaired) electrons. The van der Waals surface area contributed by atoms with Crippen molar-refractivity contribution in [2.75, 3.05) is 7.11 Å². The summed E-state index contributed by atoms with van der Waals surface area (Å²) in [6.07, 6.45) is -2.07. The predicted molar refractivity (Wildman–Crippen MR) is 88.4 cm³/mol. The van der Waals surface area contributed by atoms with E-state index in [1.807, 2.05) is 24.3 Å². The van der Waals surface area contributed by atoms with Crippen molar-refractivity contribution in [3.63, 3.8) is 0 Å². The fraction of sp³-hybridized carbons (Fsp3) is 0.200. The molecular formula is C20H17F3O. The van der Waals surface area contributed by atoms with E-state index in [-0.39, 0.29) is 6.10 Å². The quantitative estimate of drug-likeness (QED) is 0.541. The minimum Gasteiger partial charge on any atom is -0.376 e. The van der Waals surface area contributed by atoms with Crippen LogP contribution in [0.2, 0.25) is 0 Å². The summed E-state index contributed by atoms with van der Waals surface area (Å²) in [6, 6.07) is 12.4. The van der Waals surface area contributed by atoms with Gasteiger partial charge >= 0.3 is 6.18 Å². The van der Waals surface area contributed by atoms with Crippen LogP contribution in [0.15, 0.2) is 61.2 Å². The van der Waals surface area contributed by atoms with Crippen LogP contribution in [-0.2, 0) is 10.9 Å². The van der Waals surface area contributed by atoms with E-state index in [0.29, 0.717) is 12.0 Å². The number of alkyl halides is 3. The minimum absolute atomic E-state index is 0.152. The summed E-state index contributed by atoms with van der Waals surface area (Å²) in [5.74, 6) is 5.92. The van der Waals surface area contributed by atoms with Gasteiger partial charge in [0.05, 0.1) is 11.7 Å². The van der Waals surface area contributed by atoms with E-state index < -0.39 is 11.7 Å². The zero-order chi connectivity index (χ0) is 17.6.